The fourth-order valence-electron chi connectivity index (χ4n) is 8.58. The van der Waals surface area contributed by atoms with Gasteiger partial charge in [-0.2, -0.15) is 0 Å². The van der Waals surface area contributed by atoms with Gasteiger partial charge in [-0.15, -0.1) is 25.6 Å². The molecule has 0 aromatic heterocycles. The predicted octanol–water partition coefficient (Wildman–Crippen LogP) is 15.9. The van der Waals surface area contributed by atoms with Gasteiger partial charge in [-0.25, -0.2) is 0 Å². The number of allylic oxidation sites excluding steroid dienone is 2. The first-order valence-electron chi connectivity index (χ1n) is 42.8. The minimum absolute atomic E-state index is 0. The number of carbonyl (C=O) groups is 6. The number of piperazine rings is 1. The van der Waals surface area contributed by atoms with Gasteiger partial charge >= 0.3 is 11.9 Å². The SMILES string of the molecule is C.C.C=C.C=C(COCN1CCOCC1)C(C)CC.C=C(N1CCNCC1)C(C)(C)CC.C=C(OCCN(C)C)C(C)(C)CC.C=O.C=O.CCC(C)(C)C(=O)NCCCN.CCC(C)(C)C(=O)NCCCN(C)C.CCC(C)(C)C(=O)OC(CN(C)C)CN(C)C.CCC(C)(C)C(=O)OCCN(C)C.CCC(C)OCCN(CC)CC.Cl. The van der Waals surface area contributed by atoms with Crippen LogP contribution < -0.4 is 21.7 Å². The van der Waals surface area contributed by atoms with Crippen molar-refractivity contribution in [3.8, 4) is 0 Å². The van der Waals surface area contributed by atoms with Crippen molar-refractivity contribution in [2.24, 2.45) is 44.1 Å². The van der Waals surface area contributed by atoms with E-state index in [0.717, 1.165) is 195 Å². The zero-order valence-electron chi connectivity index (χ0n) is 82.2. The van der Waals surface area contributed by atoms with Gasteiger partial charge in [0.1, 0.15) is 32.9 Å². The van der Waals surface area contributed by atoms with Gasteiger partial charge in [0.25, 0.3) is 0 Å². The highest BCUT2D eigenvalue weighted by Crippen LogP contribution is 2.32. The van der Waals surface area contributed by atoms with Gasteiger partial charge < -0.3 is 94.0 Å². The van der Waals surface area contributed by atoms with Gasteiger partial charge in [-0.1, -0.05) is 166 Å². The maximum absolute atomic E-state index is 12.0. The molecule has 2 atom stereocenters. The first-order valence-corrected chi connectivity index (χ1v) is 42.8. The Labute approximate surface area is 737 Å². The molecule has 0 aromatic carbocycles. The monoisotopic (exact) mass is 1710 g/mol. The molecule has 2 amide bonds. The van der Waals surface area contributed by atoms with Crippen molar-refractivity contribution in [2.45, 2.75) is 257 Å². The van der Waals surface area contributed by atoms with Crippen molar-refractivity contribution < 1.29 is 57.2 Å². The third-order valence-corrected chi connectivity index (χ3v) is 20.7. The molecule has 2 aliphatic heterocycles. The van der Waals surface area contributed by atoms with Gasteiger partial charge in [-0.05, 0) is 207 Å². The highest BCUT2D eigenvalue weighted by molar-refractivity contribution is 5.85. The van der Waals surface area contributed by atoms with Crippen LogP contribution in [0.4, 0.5) is 0 Å². The number of hydrogen-bond acceptors (Lipinski definition) is 22. The Kier molecular flexibility index (Phi) is 100. The van der Waals surface area contributed by atoms with E-state index >= 15 is 0 Å². The summed E-state index contributed by atoms with van der Waals surface area (Å²) in [6, 6.07) is 0. The van der Waals surface area contributed by atoms with Crippen LogP contribution in [0.2, 0.25) is 0 Å². The summed E-state index contributed by atoms with van der Waals surface area (Å²) in [5.74, 6) is 1.55. The molecule has 0 aliphatic carbocycles. The number of nitrogens with one attached hydrogen (secondary N) is 3. The number of ether oxygens (including phenoxy) is 6. The van der Waals surface area contributed by atoms with Gasteiger partial charge in [0.05, 0.1) is 55.9 Å². The summed E-state index contributed by atoms with van der Waals surface area (Å²) in [6.07, 6.45) is 10.0. The molecule has 712 valence electrons. The number of carbonyl (C=O) groups excluding carboxylic acids is 6. The lowest BCUT2D eigenvalue weighted by atomic mass is 9.86. The summed E-state index contributed by atoms with van der Waals surface area (Å²) < 4.78 is 32.8. The van der Waals surface area contributed by atoms with Crippen molar-refractivity contribution in [3.05, 3.63) is 49.9 Å². The van der Waals surface area contributed by atoms with Gasteiger partial charge in [0.15, 0.2) is 0 Å². The molecule has 0 spiro atoms. The van der Waals surface area contributed by atoms with Gasteiger partial charge in [0, 0.05) is 112 Å². The Morgan fingerprint density at radius 2 is 0.898 bits per heavy atom. The van der Waals surface area contributed by atoms with Gasteiger partial charge in [0.2, 0.25) is 11.8 Å². The van der Waals surface area contributed by atoms with E-state index in [1.54, 1.807) is 0 Å². The van der Waals surface area contributed by atoms with E-state index in [-0.39, 0.29) is 84.2 Å². The predicted molar refractivity (Wildman–Crippen MR) is 513 cm³/mol. The lowest BCUT2D eigenvalue weighted by Crippen LogP contribution is -2.45. The summed E-state index contributed by atoms with van der Waals surface area (Å²) in [4.78, 5) is 79.8. The number of nitrogens with zero attached hydrogens (tertiary/aromatic N) is 8. The van der Waals surface area contributed by atoms with Crippen molar-refractivity contribution in [1.29, 1.82) is 0 Å². The number of likely N-dealkylation sites (N-methyl/N-ethyl adjacent to an activating group) is 5. The Bertz CT molecular complexity index is 2280. The number of morpholine rings is 1. The summed E-state index contributed by atoms with van der Waals surface area (Å²) >= 11 is 0. The van der Waals surface area contributed by atoms with Crippen molar-refractivity contribution in [1.82, 2.24) is 55.1 Å². The number of esters is 2. The zero-order valence-corrected chi connectivity index (χ0v) is 83.0. The standard InChI is InChI=1S/C13H28N2O2.C12H23NO2.C11H24N2O.C11H22N2.C11H23NO.C10H21NO2.C10H23NO.C9H20N2O.C2H4.2CH2O.2CH4.ClH/c1-8-13(2,3)12(16)17-11(9-14(4)5)10-15(6)7;1-4-11(2)12(3)9-15-10-13-5-7-14-8-6-13;1-6-11(2,3)10(14)12-8-7-9-13(4)5;1-5-11(3,4)10(2)13-8-6-12-7-9-13;1-7-11(3,4)10(2)13-9-8-12(5)6;1-6-10(2,3)9(12)13-8-7-11(4)5;1-5-10(4)12-9-8-11(6-2)7-3;1-4-9(2,3)8(12)11-7-5-6-10;3*1-2;;;/h11H,8-10H2,1-7H3;11H,3-10H2,1-2H3;6-9H2,1-5H3,(H,12,14);12H,2,5-9H2,1,3-4H3;2,7-9H2,1,3-6H3;6-8H2,1-5H3;10H,5-9H2,1-4H3;4-7,10H2,1-3H3,(H,11,12);1-2H2;2*1H2;2*1H4;1H. The summed E-state index contributed by atoms with van der Waals surface area (Å²) in [7, 11) is 20.0. The average Bonchev–Trinajstić information content (AvgIpc) is 0.842. The smallest absolute Gasteiger partial charge is 0.311 e. The second kappa shape index (κ2) is 84.8. The Balaban J connectivity index is -0.000000108. The minimum Gasteiger partial charge on any atom is -0.497 e. The molecule has 0 saturated carbocycles. The first kappa shape index (κ1) is 140. The molecule has 5 N–H and O–H groups in total. The van der Waals surface area contributed by atoms with Crippen LogP contribution in [0.3, 0.4) is 0 Å². The molecule has 0 aromatic rings. The average molecular weight is 1720 g/mol. The van der Waals surface area contributed by atoms with Gasteiger partial charge in [-0.3, -0.25) is 24.1 Å². The topological polar surface area (TPSA) is 246 Å². The van der Waals surface area contributed by atoms with E-state index in [4.69, 9.17) is 43.7 Å². The third-order valence-electron chi connectivity index (χ3n) is 20.7. The van der Waals surface area contributed by atoms with Crippen LogP contribution in [0, 0.1) is 38.4 Å². The molecule has 2 heterocycles. The van der Waals surface area contributed by atoms with Crippen LogP contribution in [0.15, 0.2) is 49.9 Å². The van der Waals surface area contributed by atoms with Crippen LogP contribution in [0.5, 0.6) is 0 Å². The van der Waals surface area contributed by atoms with E-state index in [1.807, 2.05) is 182 Å². The largest absolute Gasteiger partial charge is 0.497 e. The maximum Gasteiger partial charge on any atom is 0.311 e. The van der Waals surface area contributed by atoms with Crippen LogP contribution in [-0.4, -0.2) is 317 Å². The van der Waals surface area contributed by atoms with E-state index in [2.05, 4.69) is 156 Å². The number of hydrogen-bond donors (Lipinski definition) is 4. The highest BCUT2D eigenvalue weighted by atomic mass is 35.5. The molecule has 118 heavy (non-hydrogen) atoms. The summed E-state index contributed by atoms with van der Waals surface area (Å²) in [6.45, 7) is 93.3. The van der Waals surface area contributed by atoms with Crippen LogP contribution >= 0.6 is 12.4 Å². The Morgan fingerprint density at radius 1 is 0.508 bits per heavy atom. The number of halogens is 1. The van der Waals surface area contributed by atoms with Crippen LogP contribution in [0.25, 0.3) is 0 Å². The van der Waals surface area contributed by atoms with E-state index in [9.17, 15) is 19.2 Å². The summed E-state index contributed by atoms with van der Waals surface area (Å²) in [5.41, 5.74) is 6.97. The molecule has 0 radical (unpaired) electrons. The number of nitrogens with two attached hydrogens (primary N) is 1. The molecule has 24 nitrogen and oxygen atoms in total. The Hall–Kier alpha value is -4.41. The second-order valence-corrected chi connectivity index (χ2v) is 34.3. The molecular weight excluding hydrogens is 1510 g/mol. The third kappa shape index (κ3) is 81.3. The van der Waals surface area contributed by atoms with E-state index in [0.29, 0.717) is 45.1 Å². The molecule has 2 saturated heterocycles. The van der Waals surface area contributed by atoms with E-state index < -0.39 is 5.41 Å². The maximum atomic E-state index is 12.0. The second-order valence-electron chi connectivity index (χ2n) is 34.3. The Morgan fingerprint density at radius 3 is 1.25 bits per heavy atom. The normalized spacial score (nSPS) is 13.1. The summed E-state index contributed by atoms with van der Waals surface area (Å²) in [5, 5.41) is 9.18. The lowest BCUT2D eigenvalue weighted by Gasteiger charge is -2.38. The van der Waals surface area contributed by atoms with Crippen LogP contribution in [0.1, 0.15) is 245 Å². The van der Waals surface area contributed by atoms with E-state index in [1.165, 1.54) is 11.3 Å². The highest BCUT2D eigenvalue weighted by Gasteiger charge is 2.31. The molecule has 2 unspecified atom stereocenters. The fourth-order valence-corrected chi connectivity index (χ4v) is 8.58. The number of amides is 2. The van der Waals surface area contributed by atoms with Crippen molar-refractivity contribution >= 4 is 49.7 Å². The quantitative estimate of drug-likeness (QED) is 0.0192. The molecule has 2 fully saturated rings. The minimum atomic E-state index is -0.392. The molecule has 2 rings (SSSR count). The van der Waals surface area contributed by atoms with Crippen molar-refractivity contribution in [3.63, 3.8) is 0 Å². The molecule has 0 bridgehead atoms. The molecule has 25 heteroatoms. The zero-order chi connectivity index (χ0) is 91.8. The first-order chi connectivity index (χ1) is 53.5. The fraction of sp³-hybridized carbons (Fsp3) is 0.849. The van der Waals surface area contributed by atoms with Crippen LogP contribution in [-0.2, 0) is 57.2 Å². The van der Waals surface area contributed by atoms with Crippen molar-refractivity contribution in [2.75, 3.05) is 228 Å². The number of rotatable bonds is 45. The molecule has 2 aliphatic rings. The lowest BCUT2D eigenvalue weighted by molar-refractivity contribution is -0.161. The molecular formula is C93H201ClN12O12.